The highest BCUT2D eigenvalue weighted by Crippen LogP contribution is 2.28. The summed E-state index contributed by atoms with van der Waals surface area (Å²) in [4.78, 5) is 29.6. The van der Waals surface area contributed by atoms with E-state index in [1.165, 1.54) is 0 Å². The number of aryl methyl sites for hydroxylation is 3. The molecule has 7 nitrogen and oxygen atoms in total. The molecule has 0 aliphatic carbocycles. The van der Waals surface area contributed by atoms with Crippen molar-refractivity contribution in [2.24, 2.45) is 0 Å². The number of benzene rings is 2. The second kappa shape index (κ2) is 8.74. The van der Waals surface area contributed by atoms with Crippen LogP contribution in [0.4, 0.5) is 21.3 Å². The van der Waals surface area contributed by atoms with Gasteiger partial charge < -0.3 is 15.4 Å². The van der Waals surface area contributed by atoms with Crippen LogP contribution in [-0.2, 0) is 0 Å². The predicted molar refractivity (Wildman–Crippen MR) is 116 cm³/mol. The summed E-state index contributed by atoms with van der Waals surface area (Å²) in [5, 5.41) is 8.60. The highest BCUT2D eigenvalue weighted by Gasteiger charge is 2.18. The number of rotatable bonds is 5. The number of ether oxygens (including phenoxy) is 1. The number of carbonyl (C=O) groups is 2. The van der Waals surface area contributed by atoms with E-state index in [-0.39, 0.29) is 5.91 Å². The molecule has 0 saturated heterocycles. The lowest BCUT2D eigenvalue weighted by Crippen LogP contribution is -2.19. The molecule has 0 unspecified atom stereocenters. The topological polar surface area (TPSA) is 92.4 Å². The lowest BCUT2D eigenvalue weighted by Gasteiger charge is -2.10. The molecule has 2 aromatic carbocycles. The van der Waals surface area contributed by atoms with Gasteiger partial charge in [0.05, 0.1) is 18.5 Å². The number of nitrogens with zero attached hydrogens (tertiary/aromatic N) is 1. The summed E-state index contributed by atoms with van der Waals surface area (Å²) in [6.07, 6.45) is 0. The Balaban J connectivity index is 1.69. The molecule has 0 atom stereocenters. The minimum absolute atomic E-state index is 0.309. The van der Waals surface area contributed by atoms with Crippen LogP contribution in [0.2, 0.25) is 0 Å². The van der Waals surface area contributed by atoms with Gasteiger partial charge in [0.2, 0.25) is 0 Å². The number of anilines is 3. The molecular formula is C21H22N4O3S. The minimum atomic E-state index is -0.421. The average Bonchev–Trinajstić information content (AvgIpc) is 3.04. The highest BCUT2D eigenvalue weighted by atomic mass is 32.1. The summed E-state index contributed by atoms with van der Waals surface area (Å²) in [7, 11) is 1.55. The summed E-state index contributed by atoms with van der Waals surface area (Å²) >= 11 is 1.11. The third-order valence-corrected chi connectivity index (χ3v) is 5.21. The van der Waals surface area contributed by atoms with Gasteiger partial charge in [-0.15, -0.1) is 0 Å². The normalized spacial score (nSPS) is 10.3. The van der Waals surface area contributed by atoms with E-state index in [9.17, 15) is 9.59 Å². The molecule has 29 heavy (non-hydrogen) atoms. The Morgan fingerprint density at radius 1 is 0.931 bits per heavy atom. The number of thiazole rings is 1. The zero-order chi connectivity index (χ0) is 21.0. The summed E-state index contributed by atoms with van der Waals surface area (Å²) in [6.45, 7) is 5.63. The van der Waals surface area contributed by atoms with E-state index in [1.54, 1.807) is 20.1 Å². The van der Waals surface area contributed by atoms with E-state index in [4.69, 9.17) is 4.74 Å². The molecule has 150 valence electrons. The number of aromatic nitrogens is 1. The number of amides is 3. The van der Waals surface area contributed by atoms with Crippen LogP contribution in [-0.4, -0.2) is 24.0 Å². The van der Waals surface area contributed by atoms with Crippen LogP contribution in [0.1, 0.15) is 26.5 Å². The molecule has 3 N–H and O–H groups in total. The number of methoxy groups -OCH3 is 1. The van der Waals surface area contributed by atoms with Crippen molar-refractivity contribution in [2.45, 2.75) is 20.8 Å². The number of carbonyl (C=O) groups excluding carboxylic acids is 2. The zero-order valence-electron chi connectivity index (χ0n) is 16.6. The van der Waals surface area contributed by atoms with Gasteiger partial charge in [-0.2, -0.15) is 0 Å². The van der Waals surface area contributed by atoms with Crippen LogP contribution in [0.25, 0.3) is 0 Å². The van der Waals surface area contributed by atoms with E-state index in [0.717, 1.165) is 22.5 Å². The fourth-order valence-corrected chi connectivity index (χ4v) is 3.51. The van der Waals surface area contributed by atoms with Gasteiger partial charge >= 0.3 is 6.03 Å². The second-order valence-corrected chi connectivity index (χ2v) is 7.54. The number of hydrogen-bond donors (Lipinski definition) is 3. The average molecular weight is 410 g/mol. The van der Waals surface area contributed by atoms with Crippen molar-refractivity contribution in [1.29, 1.82) is 0 Å². The maximum atomic E-state index is 12.7. The molecule has 0 aliphatic heterocycles. The van der Waals surface area contributed by atoms with Crippen molar-refractivity contribution < 1.29 is 14.3 Å². The van der Waals surface area contributed by atoms with Crippen LogP contribution in [0, 0.1) is 20.8 Å². The maximum Gasteiger partial charge on any atom is 0.325 e. The van der Waals surface area contributed by atoms with E-state index in [2.05, 4.69) is 20.9 Å². The van der Waals surface area contributed by atoms with Gasteiger partial charge in [0.15, 0.2) is 5.13 Å². The molecule has 0 fully saturated rings. The van der Waals surface area contributed by atoms with Crippen LogP contribution in [0.15, 0.2) is 42.5 Å². The Hall–Kier alpha value is -3.39. The van der Waals surface area contributed by atoms with Crippen molar-refractivity contribution in [1.82, 2.24) is 4.98 Å². The third kappa shape index (κ3) is 5.11. The Labute approximate surface area is 173 Å². The first-order chi connectivity index (χ1) is 13.9. The van der Waals surface area contributed by atoms with Crippen molar-refractivity contribution >= 4 is 39.8 Å². The lowest BCUT2D eigenvalue weighted by molar-refractivity contribution is 0.102. The van der Waals surface area contributed by atoms with Crippen molar-refractivity contribution in [3.8, 4) is 5.75 Å². The first kappa shape index (κ1) is 20.3. The van der Waals surface area contributed by atoms with Gasteiger partial charge in [-0.05, 0) is 50.6 Å². The highest BCUT2D eigenvalue weighted by molar-refractivity contribution is 7.17. The molecule has 8 heteroatoms. The zero-order valence-corrected chi connectivity index (χ0v) is 17.4. The standard InChI is InChI=1S/C21H22N4O3S/c1-12-5-8-15(9-6-12)23-20(27)25-21-22-14(3)18(29-21)19(26)24-16-11-13(2)7-10-17(16)28-4/h5-11H,1-4H3,(H,24,26)(H2,22,23,25,27). The summed E-state index contributed by atoms with van der Waals surface area (Å²) in [6, 6.07) is 12.6. The van der Waals surface area contributed by atoms with E-state index < -0.39 is 6.03 Å². The number of nitrogens with one attached hydrogen (secondary N) is 3. The first-order valence-corrected chi connectivity index (χ1v) is 9.75. The molecule has 0 radical (unpaired) electrons. The molecule has 0 aliphatic rings. The molecule has 0 bridgehead atoms. The second-order valence-electron chi connectivity index (χ2n) is 6.54. The molecule has 1 aromatic heterocycles. The van der Waals surface area contributed by atoms with Gasteiger partial charge in [-0.25, -0.2) is 9.78 Å². The van der Waals surface area contributed by atoms with Crippen molar-refractivity contribution in [3.63, 3.8) is 0 Å². The number of urea groups is 1. The number of hydrogen-bond acceptors (Lipinski definition) is 5. The van der Waals surface area contributed by atoms with Crippen LogP contribution < -0.4 is 20.7 Å². The largest absolute Gasteiger partial charge is 0.495 e. The van der Waals surface area contributed by atoms with Gasteiger partial charge in [0.1, 0.15) is 10.6 Å². The Morgan fingerprint density at radius 2 is 1.62 bits per heavy atom. The van der Waals surface area contributed by atoms with E-state index in [1.807, 2.05) is 50.2 Å². The van der Waals surface area contributed by atoms with Crippen LogP contribution in [0.5, 0.6) is 5.75 Å². The Kier molecular flexibility index (Phi) is 6.13. The smallest absolute Gasteiger partial charge is 0.325 e. The first-order valence-electron chi connectivity index (χ1n) is 8.94. The molecule has 1 heterocycles. The summed E-state index contributed by atoms with van der Waals surface area (Å²) in [5.74, 6) is 0.262. The Morgan fingerprint density at radius 3 is 2.31 bits per heavy atom. The van der Waals surface area contributed by atoms with Gasteiger partial charge in [0, 0.05) is 5.69 Å². The minimum Gasteiger partial charge on any atom is -0.495 e. The van der Waals surface area contributed by atoms with Crippen molar-refractivity contribution in [3.05, 3.63) is 64.2 Å². The maximum absolute atomic E-state index is 12.7. The molecule has 3 amide bonds. The molecular weight excluding hydrogens is 388 g/mol. The quantitative estimate of drug-likeness (QED) is 0.553. The predicted octanol–water partition coefficient (Wildman–Crippen LogP) is 4.97. The summed E-state index contributed by atoms with van der Waals surface area (Å²) < 4.78 is 5.30. The van der Waals surface area contributed by atoms with Gasteiger partial charge in [0.25, 0.3) is 5.91 Å². The van der Waals surface area contributed by atoms with Crippen LogP contribution in [0.3, 0.4) is 0 Å². The van der Waals surface area contributed by atoms with Gasteiger partial charge in [-0.3, -0.25) is 10.1 Å². The van der Waals surface area contributed by atoms with Gasteiger partial charge in [-0.1, -0.05) is 35.1 Å². The fraction of sp³-hybridized carbons (Fsp3) is 0.190. The lowest BCUT2D eigenvalue weighted by atomic mass is 10.2. The molecule has 3 aromatic rings. The fourth-order valence-electron chi connectivity index (χ4n) is 2.66. The van der Waals surface area contributed by atoms with E-state index >= 15 is 0 Å². The summed E-state index contributed by atoms with van der Waals surface area (Å²) in [5.41, 5.74) is 3.89. The van der Waals surface area contributed by atoms with E-state index in [0.29, 0.717) is 32.8 Å². The molecule has 3 rings (SSSR count). The van der Waals surface area contributed by atoms with Crippen LogP contribution >= 0.6 is 11.3 Å². The molecule has 0 saturated carbocycles. The molecule has 0 spiro atoms. The van der Waals surface area contributed by atoms with Crippen molar-refractivity contribution in [2.75, 3.05) is 23.1 Å². The third-order valence-electron chi connectivity index (χ3n) is 4.14. The Bertz CT molecular complexity index is 1040. The monoisotopic (exact) mass is 410 g/mol. The SMILES string of the molecule is COc1ccc(C)cc1NC(=O)c1sc(NC(=O)Nc2ccc(C)cc2)nc1C.